The molecule has 0 bridgehead atoms. The van der Waals surface area contributed by atoms with E-state index in [9.17, 15) is 23.1 Å². The normalized spacial score (nSPS) is 12.4. The van der Waals surface area contributed by atoms with Crippen LogP contribution in [0.15, 0.2) is 42.5 Å². The SMILES string of the molecule is CC=CC(=O)OCCCOc1cc(-n2nc3ccc(C(F)(F)F)cc3n2)c(O)c(C(C)(C)C)c1. The number of carbonyl (C=O) groups is 1. The van der Waals surface area contributed by atoms with Gasteiger partial charge < -0.3 is 14.6 Å². The summed E-state index contributed by atoms with van der Waals surface area (Å²) in [7, 11) is 0. The molecule has 1 aromatic heterocycles. The lowest BCUT2D eigenvalue weighted by Crippen LogP contribution is -2.14. The van der Waals surface area contributed by atoms with Crippen molar-refractivity contribution < 1.29 is 32.5 Å². The van der Waals surface area contributed by atoms with Crippen LogP contribution >= 0.6 is 0 Å². The van der Waals surface area contributed by atoms with Crippen LogP contribution < -0.4 is 4.74 Å². The fourth-order valence-corrected chi connectivity index (χ4v) is 3.21. The zero-order chi connectivity index (χ0) is 25.1. The molecule has 1 heterocycles. The summed E-state index contributed by atoms with van der Waals surface area (Å²) >= 11 is 0. The number of fused-ring (bicyclic) bond motifs is 1. The van der Waals surface area contributed by atoms with Crippen LogP contribution in [0, 0.1) is 0 Å². The molecule has 34 heavy (non-hydrogen) atoms. The molecule has 0 aliphatic heterocycles. The highest BCUT2D eigenvalue weighted by atomic mass is 19.4. The van der Waals surface area contributed by atoms with Crippen LogP contribution in [0.3, 0.4) is 0 Å². The van der Waals surface area contributed by atoms with Gasteiger partial charge in [-0.3, -0.25) is 0 Å². The van der Waals surface area contributed by atoms with Crippen molar-refractivity contribution in [1.82, 2.24) is 15.0 Å². The number of aromatic hydroxyl groups is 1. The number of halogens is 3. The van der Waals surface area contributed by atoms with Crippen LogP contribution in [0.2, 0.25) is 0 Å². The maximum Gasteiger partial charge on any atom is 0.416 e. The minimum Gasteiger partial charge on any atom is -0.505 e. The third kappa shape index (κ3) is 5.86. The van der Waals surface area contributed by atoms with E-state index in [1.54, 1.807) is 19.1 Å². The average molecular weight is 477 g/mol. The summed E-state index contributed by atoms with van der Waals surface area (Å²) in [5, 5.41) is 19.3. The summed E-state index contributed by atoms with van der Waals surface area (Å²) in [6, 6.07) is 6.29. The van der Waals surface area contributed by atoms with E-state index in [1.807, 2.05) is 20.8 Å². The van der Waals surface area contributed by atoms with E-state index in [2.05, 4.69) is 10.2 Å². The molecule has 0 spiro atoms. The molecule has 3 rings (SSSR count). The Bertz CT molecular complexity index is 1210. The second-order valence-electron chi connectivity index (χ2n) is 8.65. The Morgan fingerprint density at radius 3 is 2.44 bits per heavy atom. The van der Waals surface area contributed by atoms with Gasteiger partial charge in [-0.1, -0.05) is 26.8 Å². The topological polar surface area (TPSA) is 86.5 Å². The zero-order valence-corrected chi connectivity index (χ0v) is 19.3. The molecule has 182 valence electrons. The maximum atomic E-state index is 13.1. The van der Waals surface area contributed by atoms with Crippen molar-refractivity contribution in [2.75, 3.05) is 13.2 Å². The van der Waals surface area contributed by atoms with Crippen LogP contribution in [-0.4, -0.2) is 39.3 Å². The van der Waals surface area contributed by atoms with Crippen molar-refractivity contribution in [2.45, 2.75) is 45.7 Å². The quantitative estimate of drug-likeness (QED) is 0.281. The van der Waals surface area contributed by atoms with Crippen molar-refractivity contribution in [3.05, 3.63) is 53.6 Å². The van der Waals surface area contributed by atoms with Gasteiger partial charge in [0.1, 0.15) is 28.2 Å². The lowest BCUT2D eigenvalue weighted by molar-refractivity contribution is -0.138. The molecule has 0 aliphatic carbocycles. The van der Waals surface area contributed by atoms with Crippen LogP contribution in [0.5, 0.6) is 11.5 Å². The average Bonchev–Trinajstić information content (AvgIpc) is 3.16. The summed E-state index contributed by atoms with van der Waals surface area (Å²) in [6.07, 6.45) is -1.16. The standard InChI is InChI=1S/C24H26F3N3O4/c1-5-7-21(31)34-11-6-10-33-16-13-17(23(2,3)4)22(32)20(14-16)30-28-18-9-8-15(24(25,26)27)12-19(18)29-30/h5,7-9,12-14,32H,6,10-11H2,1-4H3. The molecule has 3 aromatic rings. The second kappa shape index (κ2) is 9.74. The Balaban J connectivity index is 1.90. The Kier molecular flexibility index (Phi) is 7.18. The van der Waals surface area contributed by atoms with E-state index >= 15 is 0 Å². The smallest absolute Gasteiger partial charge is 0.416 e. The number of alkyl halides is 3. The van der Waals surface area contributed by atoms with Crippen molar-refractivity contribution in [1.29, 1.82) is 0 Å². The van der Waals surface area contributed by atoms with Gasteiger partial charge in [0, 0.05) is 24.1 Å². The predicted octanol–water partition coefficient (Wildman–Crippen LogP) is 5.33. The molecular weight excluding hydrogens is 451 g/mol. The molecule has 0 unspecified atom stereocenters. The number of phenolic OH excluding ortho intramolecular Hbond substituents is 1. The third-order valence-corrected chi connectivity index (χ3v) is 4.90. The molecule has 7 nitrogen and oxygen atoms in total. The summed E-state index contributed by atoms with van der Waals surface area (Å²) in [4.78, 5) is 12.5. The fourth-order valence-electron chi connectivity index (χ4n) is 3.21. The largest absolute Gasteiger partial charge is 0.505 e. The number of allylic oxidation sites excluding steroid dienone is 1. The molecular formula is C24H26F3N3O4. The van der Waals surface area contributed by atoms with Crippen molar-refractivity contribution in [3.63, 3.8) is 0 Å². The number of phenols is 1. The van der Waals surface area contributed by atoms with Gasteiger partial charge >= 0.3 is 12.1 Å². The summed E-state index contributed by atoms with van der Waals surface area (Å²) < 4.78 is 50.0. The Labute approximate surface area is 194 Å². The molecule has 0 amide bonds. The number of rotatable bonds is 7. The van der Waals surface area contributed by atoms with E-state index in [4.69, 9.17) is 9.47 Å². The predicted molar refractivity (Wildman–Crippen MR) is 120 cm³/mol. The van der Waals surface area contributed by atoms with E-state index < -0.39 is 23.1 Å². The van der Waals surface area contributed by atoms with Gasteiger partial charge in [0.05, 0.1) is 18.8 Å². The Morgan fingerprint density at radius 2 is 1.79 bits per heavy atom. The van der Waals surface area contributed by atoms with E-state index in [0.717, 1.165) is 16.9 Å². The number of nitrogens with zero attached hydrogens (tertiary/aromatic N) is 3. The first kappa shape index (κ1) is 25.1. The minimum atomic E-state index is -4.51. The van der Waals surface area contributed by atoms with Gasteiger partial charge in [-0.2, -0.15) is 13.2 Å². The van der Waals surface area contributed by atoms with Gasteiger partial charge in [-0.25, -0.2) is 4.79 Å². The van der Waals surface area contributed by atoms with Crippen molar-refractivity contribution in [2.24, 2.45) is 0 Å². The summed E-state index contributed by atoms with van der Waals surface area (Å²) in [6.45, 7) is 7.83. The first-order chi connectivity index (χ1) is 15.9. The first-order valence-electron chi connectivity index (χ1n) is 10.6. The number of carbonyl (C=O) groups excluding carboxylic acids is 1. The molecule has 0 radical (unpaired) electrons. The molecule has 10 heteroatoms. The Hall–Kier alpha value is -3.56. The van der Waals surface area contributed by atoms with E-state index in [-0.39, 0.29) is 35.7 Å². The number of benzene rings is 2. The van der Waals surface area contributed by atoms with Crippen molar-refractivity contribution in [3.8, 4) is 17.2 Å². The number of hydrogen-bond acceptors (Lipinski definition) is 6. The molecule has 0 fully saturated rings. The van der Waals surface area contributed by atoms with Gasteiger partial charge in [0.15, 0.2) is 0 Å². The molecule has 0 saturated carbocycles. The lowest BCUT2D eigenvalue weighted by atomic mass is 9.86. The van der Waals surface area contributed by atoms with Gasteiger partial charge in [0.25, 0.3) is 0 Å². The number of ether oxygens (including phenoxy) is 2. The maximum absolute atomic E-state index is 13.1. The van der Waals surface area contributed by atoms with Gasteiger partial charge in [-0.05, 0) is 36.6 Å². The monoisotopic (exact) mass is 477 g/mol. The van der Waals surface area contributed by atoms with E-state index in [1.165, 1.54) is 18.2 Å². The minimum absolute atomic E-state index is 0.0424. The number of hydrogen-bond donors (Lipinski definition) is 1. The number of esters is 1. The van der Waals surface area contributed by atoms with Crippen LogP contribution in [0.1, 0.15) is 45.2 Å². The van der Waals surface area contributed by atoms with Crippen LogP contribution in [0.25, 0.3) is 16.7 Å². The Morgan fingerprint density at radius 1 is 1.09 bits per heavy atom. The highest BCUT2D eigenvalue weighted by Crippen LogP contribution is 2.39. The second-order valence-corrected chi connectivity index (χ2v) is 8.65. The molecule has 2 aromatic carbocycles. The molecule has 1 N–H and O–H groups in total. The van der Waals surface area contributed by atoms with Crippen LogP contribution in [0.4, 0.5) is 13.2 Å². The van der Waals surface area contributed by atoms with Crippen molar-refractivity contribution >= 4 is 17.0 Å². The molecule has 0 saturated heterocycles. The highest BCUT2D eigenvalue weighted by Gasteiger charge is 2.31. The van der Waals surface area contributed by atoms with Gasteiger partial charge in [-0.15, -0.1) is 15.0 Å². The lowest BCUT2D eigenvalue weighted by Gasteiger charge is -2.23. The van der Waals surface area contributed by atoms with Gasteiger partial charge in [0.2, 0.25) is 0 Å². The number of aromatic nitrogens is 3. The summed E-state index contributed by atoms with van der Waals surface area (Å²) in [5.41, 5.74) is -0.293. The first-order valence-corrected chi connectivity index (χ1v) is 10.6. The molecule has 0 atom stereocenters. The molecule has 0 aliphatic rings. The fraction of sp³-hybridized carbons (Fsp3) is 0.375. The van der Waals surface area contributed by atoms with E-state index in [0.29, 0.717) is 17.7 Å². The summed E-state index contributed by atoms with van der Waals surface area (Å²) in [5.74, 6) is -0.124. The zero-order valence-electron chi connectivity index (χ0n) is 19.3. The van der Waals surface area contributed by atoms with Crippen LogP contribution in [-0.2, 0) is 21.1 Å². The highest BCUT2D eigenvalue weighted by molar-refractivity contribution is 5.81. The third-order valence-electron chi connectivity index (χ3n) is 4.90.